The van der Waals surface area contributed by atoms with E-state index in [4.69, 9.17) is 4.42 Å². The van der Waals surface area contributed by atoms with Crippen molar-refractivity contribution in [2.75, 3.05) is 12.3 Å². The van der Waals surface area contributed by atoms with Crippen molar-refractivity contribution < 1.29 is 17.6 Å². The first-order valence-corrected chi connectivity index (χ1v) is 11.0. The summed E-state index contributed by atoms with van der Waals surface area (Å²) in [6.07, 6.45) is 0. The number of rotatable bonds is 5. The summed E-state index contributed by atoms with van der Waals surface area (Å²) in [7, 11) is -3.79. The number of benzene rings is 2. The Morgan fingerprint density at radius 3 is 2.50 bits per heavy atom. The van der Waals surface area contributed by atoms with Crippen molar-refractivity contribution in [1.82, 2.24) is 14.5 Å². The molecule has 1 amide bonds. The van der Waals surface area contributed by atoms with Crippen molar-refractivity contribution in [1.29, 1.82) is 0 Å². The third kappa shape index (κ3) is 3.31. The van der Waals surface area contributed by atoms with Crippen molar-refractivity contribution in [3.05, 3.63) is 59.2 Å². The molecule has 1 aliphatic rings. The molecule has 0 atom stereocenters. The highest BCUT2D eigenvalue weighted by Gasteiger charge is 2.40. The molecule has 3 aromatic rings. The summed E-state index contributed by atoms with van der Waals surface area (Å²) >= 11 is 1.21. The Labute approximate surface area is 166 Å². The topological polar surface area (TPSA) is 93.4 Å². The highest BCUT2D eigenvalue weighted by atomic mass is 32.2. The molecule has 0 fully saturated rings. The molecule has 0 bridgehead atoms. The maximum atomic E-state index is 12.5. The molecule has 0 N–H and O–H groups in total. The quantitative estimate of drug-likeness (QED) is 0.590. The van der Waals surface area contributed by atoms with Gasteiger partial charge < -0.3 is 4.42 Å². The Balaban J connectivity index is 1.44. The molecule has 1 aliphatic heterocycles. The first-order chi connectivity index (χ1) is 13.4. The molecule has 0 saturated carbocycles. The molecule has 0 aliphatic carbocycles. The van der Waals surface area contributed by atoms with Crippen molar-refractivity contribution >= 4 is 27.7 Å². The molecule has 0 saturated heterocycles. The zero-order valence-electron chi connectivity index (χ0n) is 15.2. The average molecular weight is 415 g/mol. The molecule has 28 heavy (non-hydrogen) atoms. The number of aromatic nitrogens is 2. The normalized spacial score (nSPS) is 15.1. The summed E-state index contributed by atoms with van der Waals surface area (Å²) in [5, 5.41) is 8.39. The molecular formula is C19H17N3O4S2. The van der Waals surface area contributed by atoms with E-state index in [2.05, 4.69) is 16.3 Å². The van der Waals surface area contributed by atoms with Gasteiger partial charge in [-0.3, -0.25) is 4.79 Å². The van der Waals surface area contributed by atoms with Gasteiger partial charge in [-0.25, -0.2) is 12.7 Å². The second kappa shape index (κ2) is 7.06. The van der Waals surface area contributed by atoms with Gasteiger partial charge >= 0.3 is 0 Å². The Kier molecular flexibility index (Phi) is 4.72. The van der Waals surface area contributed by atoms with Crippen LogP contribution in [0.15, 0.2) is 57.0 Å². The monoisotopic (exact) mass is 415 g/mol. The first-order valence-electron chi connectivity index (χ1n) is 8.57. The van der Waals surface area contributed by atoms with E-state index in [1.54, 1.807) is 12.1 Å². The van der Waals surface area contributed by atoms with Gasteiger partial charge in [0.25, 0.3) is 21.2 Å². The van der Waals surface area contributed by atoms with E-state index in [1.165, 1.54) is 23.9 Å². The second-order valence-electron chi connectivity index (χ2n) is 6.48. The Bertz CT molecular complexity index is 1150. The van der Waals surface area contributed by atoms with Gasteiger partial charge in [0.05, 0.1) is 5.56 Å². The summed E-state index contributed by atoms with van der Waals surface area (Å²) < 4.78 is 31.6. The van der Waals surface area contributed by atoms with Crippen molar-refractivity contribution in [2.45, 2.75) is 24.0 Å². The van der Waals surface area contributed by atoms with Gasteiger partial charge in [0.2, 0.25) is 5.89 Å². The van der Waals surface area contributed by atoms with E-state index in [0.29, 0.717) is 16.9 Å². The zero-order valence-corrected chi connectivity index (χ0v) is 16.9. The molecule has 0 radical (unpaired) electrons. The van der Waals surface area contributed by atoms with Crippen LogP contribution < -0.4 is 0 Å². The number of amides is 1. The Hall–Kier alpha value is -2.65. The van der Waals surface area contributed by atoms with Crippen LogP contribution in [0.25, 0.3) is 11.5 Å². The van der Waals surface area contributed by atoms with Crippen LogP contribution in [0.3, 0.4) is 0 Å². The third-order valence-corrected chi connectivity index (χ3v) is 6.95. The van der Waals surface area contributed by atoms with Gasteiger partial charge in [0, 0.05) is 17.9 Å². The molecule has 0 unspecified atom stereocenters. The van der Waals surface area contributed by atoms with Crippen LogP contribution in [0, 0.1) is 13.8 Å². The van der Waals surface area contributed by atoms with E-state index in [0.717, 1.165) is 21.0 Å². The number of thioether (sulfide) groups is 1. The molecule has 144 valence electrons. The fraction of sp³-hybridized carbons (Fsp3) is 0.211. The summed E-state index contributed by atoms with van der Waals surface area (Å²) in [6, 6.07) is 12.2. The summed E-state index contributed by atoms with van der Waals surface area (Å²) in [6.45, 7) is 4.02. The number of hydrogen-bond donors (Lipinski definition) is 0. The standard InChI is InChI=1S/C19H17N3O4S2/c1-12-9-13(2)11-14(10-12)17-20-21-19(26-17)27-8-7-22-18(23)15-5-3-4-6-16(15)28(22,24)25/h3-6,9-11H,7-8H2,1-2H3. The lowest BCUT2D eigenvalue weighted by molar-refractivity contribution is 0.0876. The molecular weight excluding hydrogens is 398 g/mol. The second-order valence-corrected chi connectivity index (χ2v) is 9.35. The molecule has 9 heteroatoms. The Morgan fingerprint density at radius 2 is 1.79 bits per heavy atom. The predicted molar refractivity (Wildman–Crippen MR) is 105 cm³/mol. The maximum Gasteiger partial charge on any atom is 0.276 e. The highest BCUT2D eigenvalue weighted by Crippen LogP contribution is 2.31. The van der Waals surface area contributed by atoms with E-state index in [9.17, 15) is 13.2 Å². The van der Waals surface area contributed by atoms with Crippen molar-refractivity contribution in [2.24, 2.45) is 0 Å². The average Bonchev–Trinajstić information content (AvgIpc) is 3.19. The SMILES string of the molecule is Cc1cc(C)cc(-c2nnc(SCCN3C(=O)c4ccccc4S3(=O)=O)o2)c1. The van der Waals surface area contributed by atoms with Gasteiger partial charge in [-0.1, -0.05) is 41.1 Å². The van der Waals surface area contributed by atoms with Gasteiger partial charge in [-0.05, 0) is 38.1 Å². The van der Waals surface area contributed by atoms with Gasteiger partial charge in [0.15, 0.2) is 0 Å². The van der Waals surface area contributed by atoms with Gasteiger partial charge in [-0.15, -0.1) is 10.2 Å². The zero-order chi connectivity index (χ0) is 19.9. The number of fused-ring (bicyclic) bond motifs is 1. The van der Waals surface area contributed by atoms with E-state index in [-0.39, 0.29) is 17.0 Å². The van der Waals surface area contributed by atoms with Crippen LogP contribution in [0.2, 0.25) is 0 Å². The largest absolute Gasteiger partial charge is 0.411 e. The predicted octanol–water partition coefficient (Wildman–Crippen LogP) is 3.29. The molecule has 2 aromatic carbocycles. The van der Waals surface area contributed by atoms with Crippen LogP contribution in [0.5, 0.6) is 0 Å². The summed E-state index contributed by atoms with van der Waals surface area (Å²) in [5.41, 5.74) is 3.24. The molecule has 0 spiro atoms. The van der Waals surface area contributed by atoms with Crippen LogP contribution in [-0.2, 0) is 10.0 Å². The van der Waals surface area contributed by atoms with Crippen LogP contribution in [-0.4, -0.2) is 41.1 Å². The first kappa shape index (κ1) is 18.7. The summed E-state index contributed by atoms with van der Waals surface area (Å²) in [5.74, 6) is 0.220. The lowest BCUT2D eigenvalue weighted by Crippen LogP contribution is -2.32. The smallest absolute Gasteiger partial charge is 0.276 e. The van der Waals surface area contributed by atoms with Crippen molar-refractivity contribution in [3.63, 3.8) is 0 Å². The maximum absolute atomic E-state index is 12.5. The fourth-order valence-corrected chi connectivity index (χ4v) is 5.52. The minimum Gasteiger partial charge on any atom is -0.411 e. The molecule has 4 rings (SSSR count). The van der Waals surface area contributed by atoms with Gasteiger partial charge in [0.1, 0.15) is 4.90 Å². The number of carbonyl (C=O) groups excluding carboxylic acids is 1. The number of sulfonamides is 1. The molecule has 2 heterocycles. The minimum atomic E-state index is -3.79. The van der Waals surface area contributed by atoms with E-state index in [1.807, 2.05) is 26.0 Å². The fourth-order valence-electron chi connectivity index (χ4n) is 3.15. The number of aryl methyl sites for hydroxylation is 2. The van der Waals surface area contributed by atoms with Crippen LogP contribution >= 0.6 is 11.8 Å². The lowest BCUT2D eigenvalue weighted by atomic mass is 10.1. The van der Waals surface area contributed by atoms with Crippen LogP contribution in [0.4, 0.5) is 0 Å². The van der Waals surface area contributed by atoms with Gasteiger partial charge in [-0.2, -0.15) is 0 Å². The Morgan fingerprint density at radius 1 is 1.07 bits per heavy atom. The molecule has 1 aromatic heterocycles. The van der Waals surface area contributed by atoms with E-state index < -0.39 is 15.9 Å². The van der Waals surface area contributed by atoms with Crippen LogP contribution in [0.1, 0.15) is 21.5 Å². The lowest BCUT2D eigenvalue weighted by Gasteiger charge is -2.13. The number of carbonyl (C=O) groups is 1. The third-order valence-electron chi connectivity index (χ3n) is 4.31. The van der Waals surface area contributed by atoms with E-state index >= 15 is 0 Å². The number of hydrogen-bond acceptors (Lipinski definition) is 7. The molecule has 7 nitrogen and oxygen atoms in total. The summed E-state index contributed by atoms with van der Waals surface area (Å²) in [4.78, 5) is 12.4. The van der Waals surface area contributed by atoms with Crippen molar-refractivity contribution in [3.8, 4) is 11.5 Å². The highest BCUT2D eigenvalue weighted by molar-refractivity contribution is 7.99. The minimum absolute atomic E-state index is 0.0295. The number of nitrogens with zero attached hydrogens (tertiary/aromatic N) is 3.